The number of methoxy groups -OCH3 is 2. The lowest BCUT2D eigenvalue weighted by atomic mass is 10.2. The maximum atomic E-state index is 11.2. The second-order valence-corrected chi connectivity index (χ2v) is 7.13. The Morgan fingerprint density at radius 2 is 1.90 bits per heavy atom. The van der Waals surface area contributed by atoms with Gasteiger partial charge in [-0.3, -0.25) is 0 Å². The molecule has 1 aromatic carbocycles. The first-order chi connectivity index (χ1) is 9.84. The van der Waals surface area contributed by atoms with Crippen LogP contribution >= 0.6 is 0 Å². The van der Waals surface area contributed by atoms with Crippen molar-refractivity contribution < 1.29 is 17.9 Å². The molecule has 2 aromatic rings. The van der Waals surface area contributed by atoms with Crippen LogP contribution in [0.4, 0.5) is 0 Å². The first-order valence-electron chi connectivity index (χ1n) is 6.39. The Labute approximate surface area is 123 Å². The number of H-pyrrole nitrogens is 1. The summed E-state index contributed by atoms with van der Waals surface area (Å²) < 4.78 is 32.8. The van der Waals surface area contributed by atoms with Gasteiger partial charge in [-0.2, -0.15) is 0 Å². The summed E-state index contributed by atoms with van der Waals surface area (Å²) in [6.07, 6.45) is 1.50. The average molecular weight is 313 g/mol. The molecule has 0 aliphatic rings. The first kappa shape index (κ1) is 15.6. The van der Waals surface area contributed by atoms with Gasteiger partial charge in [-0.25, -0.2) is 13.4 Å². The zero-order valence-corrected chi connectivity index (χ0v) is 13.0. The molecule has 21 heavy (non-hydrogen) atoms. The monoisotopic (exact) mass is 313 g/mol. The van der Waals surface area contributed by atoms with E-state index in [9.17, 15) is 8.42 Å². The van der Waals surface area contributed by atoms with Crippen molar-refractivity contribution in [3.63, 3.8) is 0 Å². The van der Waals surface area contributed by atoms with Crippen molar-refractivity contribution in [1.29, 1.82) is 0 Å². The third-order valence-electron chi connectivity index (χ3n) is 3.16. The van der Waals surface area contributed by atoms with Gasteiger partial charge in [-0.1, -0.05) is 0 Å². The predicted octanol–water partition coefficient (Wildman–Crippen LogP) is 1.01. The highest BCUT2D eigenvalue weighted by atomic mass is 32.2. The van der Waals surface area contributed by atoms with E-state index < -0.39 is 15.9 Å². The van der Waals surface area contributed by atoms with Crippen LogP contribution in [0.1, 0.15) is 18.3 Å². The van der Waals surface area contributed by atoms with Crippen molar-refractivity contribution >= 4 is 20.9 Å². The smallest absolute Gasteiger partial charge is 0.163 e. The highest BCUT2D eigenvalue weighted by molar-refractivity contribution is 7.90. The van der Waals surface area contributed by atoms with Gasteiger partial charge < -0.3 is 20.2 Å². The summed E-state index contributed by atoms with van der Waals surface area (Å²) in [6.45, 7) is 0. The molecular formula is C13H19N3O4S. The van der Waals surface area contributed by atoms with Crippen LogP contribution in [0.3, 0.4) is 0 Å². The molecule has 0 amide bonds. The Kier molecular flexibility index (Phi) is 4.38. The Hall–Kier alpha value is -1.80. The fraction of sp³-hybridized carbons (Fsp3) is 0.462. The third kappa shape index (κ3) is 3.64. The quantitative estimate of drug-likeness (QED) is 0.824. The lowest BCUT2D eigenvalue weighted by Gasteiger charge is -2.06. The van der Waals surface area contributed by atoms with Crippen molar-refractivity contribution in [1.82, 2.24) is 9.97 Å². The summed E-state index contributed by atoms with van der Waals surface area (Å²) in [4.78, 5) is 7.48. The number of ether oxygens (including phenoxy) is 2. The number of rotatable bonds is 6. The Bertz CT molecular complexity index is 698. The third-order valence-corrected chi connectivity index (χ3v) is 4.13. The number of nitrogens with two attached hydrogens (primary N) is 1. The van der Waals surface area contributed by atoms with E-state index in [0.29, 0.717) is 29.3 Å². The van der Waals surface area contributed by atoms with Crippen LogP contribution in [0.25, 0.3) is 11.0 Å². The van der Waals surface area contributed by atoms with Crippen LogP contribution < -0.4 is 15.2 Å². The van der Waals surface area contributed by atoms with E-state index >= 15 is 0 Å². The molecule has 1 atom stereocenters. The normalized spacial score (nSPS) is 13.3. The second-order valence-electron chi connectivity index (χ2n) is 4.87. The molecule has 0 radical (unpaired) electrons. The van der Waals surface area contributed by atoms with Gasteiger partial charge in [0.25, 0.3) is 0 Å². The van der Waals surface area contributed by atoms with Crippen molar-refractivity contribution in [2.24, 2.45) is 5.73 Å². The molecule has 7 nitrogen and oxygen atoms in total. The molecule has 0 saturated heterocycles. The van der Waals surface area contributed by atoms with E-state index in [1.165, 1.54) is 6.26 Å². The van der Waals surface area contributed by atoms with Gasteiger partial charge in [0.2, 0.25) is 0 Å². The molecule has 0 aliphatic heterocycles. The van der Waals surface area contributed by atoms with E-state index in [-0.39, 0.29) is 5.75 Å². The lowest BCUT2D eigenvalue weighted by molar-refractivity contribution is 0.356. The summed E-state index contributed by atoms with van der Waals surface area (Å²) >= 11 is 0. The van der Waals surface area contributed by atoms with E-state index in [1.807, 2.05) is 0 Å². The second kappa shape index (κ2) is 5.90. The van der Waals surface area contributed by atoms with Gasteiger partial charge in [0.1, 0.15) is 15.7 Å². The zero-order chi connectivity index (χ0) is 15.6. The molecule has 0 aliphatic carbocycles. The molecular weight excluding hydrogens is 294 g/mol. The molecule has 1 unspecified atom stereocenters. The van der Waals surface area contributed by atoms with Gasteiger partial charge in [0.05, 0.1) is 37.0 Å². The molecule has 0 bridgehead atoms. The average Bonchev–Trinajstić information content (AvgIpc) is 2.85. The highest BCUT2D eigenvalue weighted by Crippen LogP contribution is 2.31. The number of aromatic amines is 1. The summed E-state index contributed by atoms with van der Waals surface area (Å²) in [6, 6.07) is 3.05. The SMILES string of the molecule is COc1cc2nc(C(N)CCS(C)(=O)=O)[nH]c2cc1OC. The molecule has 3 N–H and O–H groups in total. The Morgan fingerprint density at radius 1 is 1.29 bits per heavy atom. The minimum absolute atomic E-state index is 0.0256. The molecule has 1 heterocycles. The van der Waals surface area contributed by atoms with Crippen molar-refractivity contribution in [3.05, 3.63) is 18.0 Å². The van der Waals surface area contributed by atoms with Gasteiger partial charge in [0, 0.05) is 18.4 Å². The van der Waals surface area contributed by atoms with Gasteiger partial charge in [0.15, 0.2) is 11.5 Å². The van der Waals surface area contributed by atoms with Crippen molar-refractivity contribution in [2.45, 2.75) is 12.5 Å². The number of aromatic nitrogens is 2. The summed E-state index contributed by atoms with van der Waals surface area (Å²) in [5.74, 6) is 1.74. The predicted molar refractivity (Wildman–Crippen MR) is 80.5 cm³/mol. The molecule has 8 heteroatoms. The minimum atomic E-state index is -3.04. The number of nitrogens with one attached hydrogen (secondary N) is 1. The number of hydrogen-bond acceptors (Lipinski definition) is 6. The fourth-order valence-electron chi connectivity index (χ4n) is 2.01. The zero-order valence-electron chi connectivity index (χ0n) is 12.2. The number of benzene rings is 1. The van der Waals surface area contributed by atoms with Crippen LogP contribution in [-0.4, -0.2) is 44.6 Å². The van der Waals surface area contributed by atoms with E-state index in [2.05, 4.69) is 9.97 Å². The lowest BCUT2D eigenvalue weighted by Crippen LogP contribution is -2.16. The number of sulfone groups is 1. The molecule has 0 fully saturated rings. The molecule has 116 valence electrons. The van der Waals surface area contributed by atoms with E-state index in [4.69, 9.17) is 15.2 Å². The van der Waals surface area contributed by atoms with Crippen LogP contribution in [0.2, 0.25) is 0 Å². The van der Waals surface area contributed by atoms with Gasteiger partial charge in [-0.15, -0.1) is 0 Å². The number of nitrogens with zero attached hydrogens (tertiary/aromatic N) is 1. The summed E-state index contributed by atoms with van der Waals surface area (Å²) in [7, 11) is 0.0648. The van der Waals surface area contributed by atoms with Gasteiger partial charge in [-0.05, 0) is 6.42 Å². The fourth-order valence-corrected chi connectivity index (χ4v) is 2.69. The Balaban J connectivity index is 2.30. The number of hydrogen-bond donors (Lipinski definition) is 2. The Morgan fingerprint density at radius 3 is 2.48 bits per heavy atom. The molecule has 1 aromatic heterocycles. The van der Waals surface area contributed by atoms with Crippen LogP contribution in [0.15, 0.2) is 12.1 Å². The number of fused-ring (bicyclic) bond motifs is 1. The minimum Gasteiger partial charge on any atom is -0.493 e. The molecule has 0 spiro atoms. The topological polar surface area (TPSA) is 107 Å². The maximum Gasteiger partial charge on any atom is 0.163 e. The van der Waals surface area contributed by atoms with E-state index in [1.54, 1.807) is 26.4 Å². The first-order valence-corrected chi connectivity index (χ1v) is 8.45. The largest absolute Gasteiger partial charge is 0.493 e. The summed E-state index contributed by atoms with van der Waals surface area (Å²) in [5.41, 5.74) is 7.44. The van der Waals surface area contributed by atoms with Gasteiger partial charge >= 0.3 is 0 Å². The van der Waals surface area contributed by atoms with E-state index in [0.717, 1.165) is 5.52 Å². The number of imidazole rings is 1. The van der Waals surface area contributed by atoms with Crippen LogP contribution in [-0.2, 0) is 9.84 Å². The van der Waals surface area contributed by atoms with Crippen molar-refractivity contribution in [2.75, 3.05) is 26.2 Å². The molecule has 2 rings (SSSR count). The standard InChI is InChI=1S/C13H19N3O4S/c1-19-11-6-9-10(7-12(11)20-2)16-13(15-9)8(14)4-5-21(3,17)18/h6-8H,4-5,14H2,1-3H3,(H,15,16). The van der Waals surface area contributed by atoms with Crippen LogP contribution in [0, 0.1) is 0 Å². The van der Waals surface area contributed by atoms with Crippen LogP contribution in [0.5, 0.6) is 11.5 Å². The highest BCUT2D eigenvalue weighted by Gasteiger charge is 2.16. The molecule has 0 saturated carbocycles. The van der Waals surface area contributed by atoms with Crippen molar-refractivity contribution in [3.8, 4) is 11.5 Å². The summed E-state index contributed by atoms with van der Waals surface area (Å²) in [5, 5.41) is 0. The maximum absolute atomic E-state index is 11.2.